The van der Waals surface area contributed by atoms with Crippen molar-refractivity contribution in [2.24, 2.45) is 12.1 Å². The number of para-hydroxylation sites is 1. The zero-order valence-electron chi connectivity index (χ0n) is 15.5. The van der Waals surface area contributed by atoms with Gasteiger partial charge in [-0.25, -0.2) is 5.43 Å². The molecule has 0 bridgehead atoms. The number of fused-ring (bicyclic) bond motifs is 3. The number of hydrogen-bond donors (Lipinski definition) is 1. The van der Waals surface area contributed by atoms with Crippen LogP contribution in [0.25, 0.3) is 22.1 Å². The second-order valence-electron chi connectivity index (χ2n) is 5.98. The summed E-state index contributed by atoms with van der Waals surface area (Å²) in [7, 11) is 5.05. The minimum Gasteiger partial charge on any atom is -0.493 e. The monoisotopic (exact) mass is 396 g/mol. The predicted molar refractivity (Wildman–Crippen MR) is 110 cm³/mol. The van der Waals surface area contributed by atoms with Crippen LogP contribution in [0.2, 0.25) is 5.02 Å². The number of rotatable bonds is 5. The predicted octanol–water partition coefficient (Wildman–Crippen LogP) is 3.63. The number of aryl methyl sites for hydroxylation is 1. The van der Waals surface area contributed by atoms with Crippen molar-refractivity contribution in [3.05, 3.63) is 47.0 Å². The molecular weight excluding hydrogens is 380 g/mol. The largest absolute Gasteiger partial charge is 0.493 e. The van der Waals surface area contributed by atoms with Crippen LogP contribution in [0, 0.1) is 0 Å². The van der Waals surface area contributed by atoms with Crippen LogP contribution < -0.4 is 14.9 Å². The quantitative estimate of drug-likeness (QED) is 0.409. The molecule has 0 saturated carbocycles. The average Bonchev–Trinajstić information content (AvgIpc) is 3.01. The van der Waals surface area contributed by atoms with Crippen molar-refractivity contribution >= 4 is 45.8 Å². The molecule has 0 aliphatic rings. The number of hydrogen-bond acceptors (Lipinski definition) is 7. The van der Waals surface area contributed by atoms with Crippen LogP contribution in [0.1, 0.15) is 5.56 Å². The maximum absolute atomic E-state index is 6.26. The lowest BCUT2D eigenvalue weighted by atomic mass is 10.2. The van der Waals surface area contributed by atoms with Gasteiger partial charge in [0.05, 0.1) is 31.0 Å². The molecule has 0 amide bonds. The number of benzene rings is 2. The van der Waals surface area contributed by atoms with Gasteiger partial charge < -0.3 is 14.0 Å². The fourth-order valence-corrected chi connectivity index (χ4v) is 3.18. The lowest BCUT2D eigenvalue weighted by Gasteiger charge is -2.09. The van der Waals surface area contributed by atoms with Crippen molar-refractivity contribution in [2.75, 3.05) is 19.6 Å². The van der Waals surface area contributed by atoms with E-state index in [9.17, 15) is 0 Å². The van der Waals surface area contributed by atoms with E-state index in [-0.39, 0.29) is 5.95 Å². The van der Waals surface area contributed by atoms with E-state index in [1.54, 1.807) is 32.6 Å². The Bertz CT molecular complexity index is 1200. The molecule has 2 aromatic heterocycles. The Morgan fingerprint density at radius 3 is 2.64 bits per heavy atom. The highest BCUT2D eigenvalue weighted by Gasteiger charge is 2.12. The van der Waals surface area contributed by atoms with E-state index in [2.05, 4.69) is 25.7 Å². The molecule has 0 aliphatic carbocycles. The van der Waals surface area contributed by atoms with Gasteiger partial charge >= 0.3 is 0 Å². The third-order valence-corrected chi connectivity index (χ3v) is 4.70. The Kier molecular flexibility index (Phi) is 4.70. The van der Waals surface area contributed by atoms with E-state index in [0.717, 1.165) is 22.1 Å². The lowest BCUT2D eigenvalue weighted by Crippen LogP contribution is -2.01. The number of ether oxygens (including phenoxy) is 2. The third kappa shape index (κ3) is 3.07. The van der Waals surface area contributed by atoms with Gasteiger partial charge in [-0.2, -0.15) is 10.1 Å². The van der Waals surface area contributed by atoms with E-state index in [1.807, 2.05) is 35.9 Å². The third-order valence-electron chi connectivity index (χ3n) is 4.38. The summed E-state index contributed by atoms with van der Waals surface area (Å²) in [5.41, 5.74) is 5.95. The molecule has 8 nitrogen and oxygen atoms in total. The number of anilines is 1. The summed E-state index contributed by atoms with van der Waals surface area (Å²) in [5, 5.41) is 14.0. The molecular formula is C19H17ClN6O2. The van der Waals surface area contributed by atoms with E-state index in [4.69, 9.17) is 21.1 Å². The van der Waals surface area contributed by atoms with Crippen molar-refractivity contribution in [1.82, 2.24) is 19.7 Å². The molecule has 142 valence electrons. The lowest BCUT2D eigenvalue weighted by molar-refractivity contribution is 0.355. The Morgan fingerprint density at radius 1 is 1.11 bits per heavy atom. The molecule has 0 fully saturated rings. The number of aromatic nitrogens is 4. The van der Waals surface area contributed by atoms with Gasteiger partial charge in [-0.1, -0.05) is 29.8 Å². The van der Waals surface area contributed by atoms with Gasteiger partial charge in [0.1, 0.15) is 5.52 Å². The summed E-state index contributed by atoms with van der Waals surface area (Å²) in [5.74, 6) is 1.39. The molecule has 28 heavy (non-hydrogen) atoms. The van der Waals surface area contributed by atoms with Crippen LogP contribution in [0.15, 0.2) is 41.5 Å². The minimum atomic E-state index is 0.284. The van der Waals surface area contributed by atoms with Crippen LogP contribution in [0.4, 0.5) is 5.95 Å². The van der Waals surface area contributed by atoms with Crippen LogP contribution in [0.5, 0.6) is 11.5 Å². The molecule has 2 heterocycles. The highest BCUT2D eigenvalue weighted by Crippen LogP contribution is 2.32. The minimum absolute atomic E-state index is 0.284. The van der Waals surface area contributed by atoms with E-state index >= 15 is 0 Å². The van der Waals surface area contributed by atoms with Gasteiger partial charge in [-0.05, 0) is 12.1 Å². The summed E-state index contributed by atoms with van der Waals surface area (Å²) in [6.07, 6.45) is 1.55. The van der Waals surface area contributed by atoms with Crippen LogP contribution >= 0.6 is 11.6 Å². The molecule has 4 aromatic rings. The summed E-state index contributed by atoms with van der Waals surface area (Å²) >= 11 is 6.26. The van der Waals surface area contributed by atoms with Crippen molar-refractivity contribution in [3.8, 4) is 11.5 Å². The summed E-state index contributed by atoms with van der Waals surface area (Å²) < 4.78 is 12.5. The zero-order chi connectivity index (χ0) is 19.7. The van der Waals surface area contributed by atoms with Crippen molar-refractivity contribution in [3.63, 3.8) is 0 Å². The zero-order valence-corrected chi connectivity index (χ0v) is 16.2. The van der Waals surface area contributed by atoms with Crippen molar-refractivity contribution < 1.29 is 9.47 Å². The second-order valence-corrected chi connectivity index (χ2v) is 6.39. The first-order valence-electron chi connectivity index (χ1n) is 8.41. The molecule has 0 spiro atoms. The van der Waals surface area contributed by atoms with E-state index in [1.165, 1.54) is 0 Å². The molecule has 1 N–H and O–H groups in total. The Hall–Kier alpha value is -3.39. The van der Waals surface area contributed by atoms with Gasteiger partial charge in [0, 0.05) is 24.1 Å². The second kappa shape index (κ2) is 7.32. The van der Waals surface area contributed by atoms with E-state index in [0.29, 0.717) is 22.1 Å². The van der Waals surface area contributed by atoms with Crippen LogP contribution in [-0.4, -0.2) is 40.2 Å². The molecule has 2 aromatic carbocycles. The maximum atomic E-state index is 6.26. The van der Waals surface area contributed by atoms with Crippen molar-refractivity contribution in [2.45, 2.75) is 0 Å². The smallest absolute Gasteiger partial charge is 0.265 e. The molecule has 4 rings (SSSR count). The highest BCUT2D eigenvalue weighted by atomic mass is 35.5. The topological polar surface area (TPSA) is 86.5 Å². The molecule has 0 saturated heterocycles. The Labute approximate surface area is 165 Å². The number of hydrazone groups is 1. The summed E-state index contributed by atoms with van der Waals surface area (Å²) in [4.78, 5) is 4.51. The number of halogens is 1. The summed E-state index contributed by atoms with van der Waals surface area (Å²) in [6, 6.07) is 11.4. The molecule has 0 unspecified atom stereocenters. The fourth-order valence-electron chi connectivity index (χ4n) is 2.98. The molecule has 0 aliphatic heterocycles. The Morgan fingerprint density at radius 2 is 1.86 bits per heavy atom. The Balaban J connectivity index is 1.62. The first kappa shape index (κ1) is 18.0. The van der Waals surface area contributed by atoms with Gasteiger partial charge in [0.25, 0.3) is 5.95 Å². The average molecular weight is 397 g/mol. The maximum Gasteiger partial charge on any atom is 0.265 e. The molecule has 0 radical (unpaired) electrons. The molecule has 0 atom stereocenters. The number of methoxy groups -OCH3 is 2. The highest BCUT2D eigenvalue weighted by molar-refractivity contribution is 6.33. The first-order valence-corrected chi connectivity index (χ1v) is 8.78. The van der Waals surface area contributed by atoms with Crippen molar-refractivity contribution in [1.29, 1.82) is 0 Å². The fraction of sp³-hybridized carbons (Fsp3) is 0.158. The summed E-state index contributed by atoms with van der Waals surface area (Å²) in [6.45, 7) is 0. The standard InChI is InChI=1S/C19H17ClN6O2/c1-26-14-7-5-4-6-12(14)17-18(26)22-19(25-23-17)24-21-10-11-8-15(27-2)16(28-3)9-13(11)20/h4-10H,1-3H3,(H,22,24,25)/b21-10-. The SMILES string of the molecule is COc1cc(Cl)c(/C=N\Nc2nnc3c4ccccc4n(C)c3n2)cc1OC. The molecule has 9 heteroatoms. The van der Waals surface area contributed by atoms with Crippen LogP contribution in [0.3, 0.4) is 0 Å². The van der Waals surface area contributed by atoms with Crippen LogP contribution in [-0.2, 0) is 7.05 Å². The first-order chi connectivity index (χ1) is 13.6. The van der Waals surface area contributed by atoms with E-state index < -0.39 is 0 Å². The van der Waals surface area contributed by atoms with Gasteiger partial charge in [-0.15, -0.1) is 10.2 Å². The van der Waals surface area contributed by atoms with Gasteiger partial charge in [0.2, 0.25) is 0 Å². The number of nitrogens with zero attached hydrogens (tertiary/aromatic N) is 5. The van der Waals surface area contributed by atoms with Gasteiger partial charge in [-0.3, -0.25) is 0 Å². The normalized spacial score (nSPS) is 11.4. The van der Waals surface area contributed by atoms with Gasteiger partial charge in [0.15, 0.2) is 17.1 Å². The number of nitrogens with one attached hydrogen (secondary N) is 1.